The van der Waals surface area contributed by atoms with Crippen LogP contribution < -0.4 is 5.32 Å². The molecule has 0 aliphatic heterocycles. The Labute approximate surface area is 104 Å². The average molecular weight is 258 g/mol. The Morgan fingerprint density at radius 2 is 2.50 bits per heavy atom. The van der Waals surface area contributed by atoms with Crippen LogP contribution in [0.15, 0.2) is 12.2 Å². The predicted molar refractivity (Wildman–Crippen MR) is 66.0 cm³/mol. The first kappa shape index (κ1) is 13.0. The van der Waals surface area contributed by atoms with E-state index in [4.69, 9.17) is 21.6 Å². The summed E-state index contributed by atoms with van der Waals surface area (Å²) in [4.78, 5) is 4.41. The number of nitriles is 1. The molecule has 0 aliphatic rings. The number of halogens is 1. The second kappa shape index (κ2) is 6.48. The van der Waals surface area contributed by atoms with Gasteiger partial charge in [-0.25, -0.2) is 4.98 Å². The van der Waals surface area contributed by atoms with E-state index in [0.717, 1.165) is 5.57 Å². The van der Waals surface area contributed by atoms with Crippen LogP contribution in [0.5, 0.6) is 0 Å². The van der Waals surface area contributed by atoms with E-state index in [1.165, 1.54) is 11.3 Å². The van der Waals surface area contributed by atoms with E-state index < -0.39 is 0 Å². The minimum Gasteiger partial charge on any atom is -0.375 e. The largest absolute Gasteiger partial charge is 0.375 e. The molecule has 1 aromatic heterocycles. The molecule has 1 N–H and O–H groups in total. The number of hydrogen-bond donors (Lipinski definition) is 1. The van der Waals surface area contributed by atoms with Crippen molar-refractivity contribution in [3.05, 3.63) is 22.2 Å². The number of nitrogens with zero attached hydrogens (tertiary/aromatic N) is 2. The van der Waals surface area contributed by atoms with E-state index in [9.17, 15) is 0 Å². The lowest BCUT2D eigenvalue weighted by Gasteiger charge is -2.03. The van der Waals surface area contributed by atoms with Gasteiger partial charge in [-0.3, -0.25) is 0 Å². The molecule has 0 fully saturated rings. The summed E-state index contributed by atoms with van der Waals surface area (Å²) >= 11 is 6.96. The van der Waals surface area contributed by atoms with Crippen molar-refractivity contribution in [1.82, 2.24) is 4.98 Å². The Kier molecular flexibility index (Phi) is 5.26. The molecule has 0 atom stereocenters. The lowest BCUT2D eigenvalue weighted by atomic mass is 10.4. The van der Waals surface area contributed by atoms with Crippen molar-refractivity contribution >= 4 is 28.1 Å². The molecule has 6 heteroatoms. The second-order valence-electron chi connectivity index (χ2n) is 3.19. The molecule has 0 spiro atoms. The Bertz CT molecular complexity index is 411. The van der Waals surface area contributed by atoms with Crippen LogP contribution in [-0.2, 0) is 4.74 Å². The average Bonchev–Trinajstić information content (AvgIpc) is 2.58. The maximum absolute atomic E-state index is 8.68. The molecule has 1 heterocycles. The maximum atomic E-state index is 8.68. The Morgan fingerprint density at radius 1 is 1.75 bits per heavy atom. The van der Waals surface area contributed by atoms with Gasteiger partial charge in [0.25, 0.3) is 0 Å². The zero-order valence-electron chi connectivity index (χ0n) is 8.92. The standard InChI is InChI=1S/C10H12ClN3OS/c1-7(2)6-15-4-3-13-10-14-9(11)8(5-12)16-10/h1,3-4,6H2,2H3,(H,13,14). The van der Waals surface area contributed by atoms with Gasteiger partial charge in [0.05, 0.1) is 13.2 Å². The lowest BCUT2D eigenvalue weighted by Crippen LogP contribution is -2.09. The number of nitrogens with one attached hydrogen (secondary N) is 1. The highest BCUT2D eigenvalue weighted by atomic mass is 35.5. The highest BCUT2D eigenvalue weighted by molar-refractivity contribution is 7.16. The second-order valence-corrected chi connectivity index (χ2v) is 4.54. The van der Waals surface area contributed by atoms with Gasteiger partial charge >= 0.3 is 0 Å². The maximum Gasteiger partial charge on any atom is 0.185 e. The number of aromatic nitrogens is 1. The molecule has 1 rings (SSSR count). The molecule has 0 amide bonds. The van der Waals surface area contributed by atoms with E-state index in [0.29, 0.717) is 29.8 Å². The molecular formula is C10H12ClN3OS. The van der Waals surface area contributed by atoms with E-state index in [1.54, 1.807) is 0 Å². The van der Waals surface area contributed by atoms with Crippen LogP contribution >= 0.6 is 22.9 Å². The summed E-state index contributed by atoms with van der Waals surface area (Å²) in [6, 6.07) is 1.97. The third-order valence-electron chi connectivity index (χ3n) is 1.56. The van der Waals surface area contributed by atoms with E-state index >= 15 is 0 Å². The molecule has 0 saturated carbocycles. The van der Waals surface area contributed by atoms with Crippen LogP contribution in [0.4, 0.5) is 5.13 Å². The summed E-state index contributed by atoms with van der Waals surface area (Å²) in [5.74, 6) is 0. The zero-order chi connectivity index (χ0) is 12.0. The fraction of sp³-hybridized carbons (Fsp3) is 0.400. The molecule has 0 saturated heterocycles. The SMILES string of the molecule is C=C(C)COCCNc1nc(Cl)c(C#N)s1. The molecule has 0 bridgehead atoms. The third-order valence-corrected chi connectivity index (χ3v) is 2.86. The molecular weight excluding hydrogens is 246 g/mol. The van der Waals surface area contributed by atoms with Crippen LogP contribution in [0.25, 0.3) is 0 Å². The monoisotopic (exact) mass is 257 g/mol. The minimum atomic E-state index is 0.248. The van der Waals surface area contributed by atoms with Crippen molar-refractivity contribution in [3.63, 3.8) is 0 Å². The fourth-order valence-electron chi connectivity index (χ4n) is 0.923. The van der Waals surface area contributed by atoms with Crippen LogP contribution in [0.1, 0.15) is 11.8 Å². The Morgan fingerprint density at radius 3 is 3.06 bits per heavy atom. The molecule has 0 unspecified atom stereocenters. The van der Waals surface area contributed by atoms with Gasteiger partial charge in [-0.1, -0.05) is 35.1 Å². The topological polar surface area (TPSA) is 57.9 Å². The molecule has 86 valence electrons. The summed E-state index contributed by atoms with van der Waals surface area (Å²) in [5.41, 5.74) is 0.990. The van der Waals surface area contributed by atoms with Crippen molar-refractivity contribution in [2.75, 3.05) is 25.1 Å². The highest BCUT2D eigenvalue weighted by Gasteiger charge is 2.07. The van der Waals surface area contributed by atoms with Crippen molar-refractivity contribution in [1.29, 1.82) is 5.26 Å². The Balaban J connectivity index is 2.27. The molecule has 4 nitrogen and oxygen atoms in total. The van der Waals surface area contributed by atoms with Gasteiger partial charge in [-0.05, 0) is 6.92 Å². The molecule has 0 aromatic carbocycles. The van der Waals surface area contributed by atoms with Gasteiger partial charge < -0.3 is 10.1 Å². The smallest absolute Gasteiger partial charge is 0.185 e. The van der Waals surface area contributed by atoms with E-state index in [-0.39, 0.29) is 5.15 Å². The van der Waals surface area contributed by atoms with Crippen molar-refractivity contribution in [3.8, 4) is 6.07 Å². The van der Waals surface area contributed by atoms with Gasteiger partial charge in [0, 0.05) is 6.54 Å². The van der Waals surface area contributed by atoms with Gasteiger partial charge in [0.2, 0.25) is 0 Å². The number of rotatable bonds is 6. The summed E-state index contributed by atoms with van der Waals surface area (Å²) in [7, 11) is 0. The van der Waals surface area contributed by atoms with Crippen LogP contribution in [0.2, 0.25) is 5.15 Å². The molecule has 0 radical (unpaired) electrons. The number of hydrogen-bond acceptors (Lipinski definition) is 5. The van der Waals surface area contributed by atoms with Gasteiger partial charge in [0.15, 0.2) is 10.3 Å². The minimum absolute atomic E-state index is 0.248. The number of ether oxygens (including phenoxy) is 1. The number of thiazole rings is 1. The first-order valence-corrected chi connectivity index (χ1v) is 5.85. The van der Waals surface area contributed by atoms with Crippen molar-refractivity contribution in [2.45, 2.75) is 6.92 Å². The molecule has 0 aliphatic carbocycles. The van der Waals surface area contributed by atoms with Gasteiger partial charge in [0.1, 0.15) is 10.9 Å². The summed E-state index contributed by atoms with van der Waals surface area (Å²) in [5, 5.41) is 12.6. The Hall–Kier alpha value is -1.09. The number of anilines is 1. The van der Waals surface area contributed by atoms with Crippen LogP contribution in [-0.4, -0.2) is 24.7 Å². The first-order valence-electron chi connectivity index (χ1n) is 4.66. The predicted octanol–water partition coefficient (Wildman–Crippen LogP) is 2.67. The van der Waals surface area contributed by atoms with E-state index in [2.05, 4.69) is 16.9 Å². The molecule has 16 heavy (non-hydrogen) atoms. The molecule has 1 aromatic rings. The third kappa shape index (κ3) is 4.19. The van der Waals surface area contributed by atoms with Gasteiger partial charge in [-0.15, -0.1) is 0 Å². The van der Waals surface area contributed by atoms with Crippen LogP contribution in [0.3, 0.4) is 0 Å². The lowest BCUT2D eigenvalue weighted by molar-refractivity contribution is 0.167. The summed E-state index contributed by atoms with van der Waals surface area (Å²) in [6.07, 6.45) is 0. The first-order chi connectivity index (χ1) is 7.63. The van der Waals surface area contributed by atoms with Crippen molar-refractivity contribution < 1.29 is 4.74 Å². The van der Waals surface area contributed by atoms with E-state index in [1.807, 2.05) is 13.0 Å². The quantitative estimate of drug-likeness (QED) is 0.629. The normalized spacial score (nSPS) is 9.81. The zero-order valence-corrected chi connectivity index (χ0v) is 10.5. The summed E-state index contributed by atoms with van der Waals surface area (Å²) < 4.78 is 5.30. The van der Waals surface area contributed by atoms with Gasteiger partial charge in [-0.2, -0.15) is 5.26 Å². The highest BCUT2D eigenvalue weighted by Crippen LogP contribution is 2.25. The fourth-order valence-corrected chi connectivity index (χ4v) is 1.90. The van der Waals surface area contributed by atoms with Crippen LogP contribution in [0, 0.1) is 11.3 Å². The van der Waals surface area contributed by atoms with Crippen molar-refractivity contribution in [2.24, 2.45) is 0 Å². The summed E-state index contributed by atoms with van der Waals surface area (Å²) in [6.45, 7) is 7.39.